The summed E-state index contributed by atoms with van der Waals surface area (Å²) in [6.45, 7) is 3.37. The number of nitriles is 1. The predicted octanol–water partition coefficient (Wildman–Crippen LogP) is 3.76. The zero-order valence-electron chi connectivity index (χ0n) is 13.5. The molecule has 23 heavy (non-hydrogen) atoms. The van der Waals surface area contributed by atoms with Crippen molar-refractivity contribution >= 4 is 0 Å². The number of ether oxygens (including phenoxy) is 1. The second-order valence-corrected chi connectivity index (χ2v) is 6.21. The summed E-state index contributed by atoms with van der Waals surface area (Å²) in [5.74, 6) is 0. The molecule has 1 aliphatic heterocycles. The SMILES string of the molecule is CC1(c2ccccc2)OCCCC1(C#N)NCc1ccccc1. The van der Waals surface area contributed by atoms with E-state index in [9.17, 15) is 5.26 Å². The molecule has 1 saturated heterocycles. The number of benzene rings is 2. The lowest BCUT2D eigenvalue weighted by molar-refractivity contribution is -0.120. The molecule has 2 aromatic carbocycles. The smallest absolute Gasteiger partial charge is 0.140 e. The highest BCUT2D eigenvalue weighted by atomic mass is 16.5. The van der Waals surface area contributed by atoms with E-state index >= 15 is 0 Å². The third-order valence-corrected chi connectivity index (χ3v) is 4.85. The fourth-order valence-electron chi connectivity index (χ4n) is 3.37. The van der Waals surface area contributed by atoms with Crippen LogP contribution in [-0.4, -0.2) is 12.1 Å². The van der Waals surface area contributed by atoms with Gasteiger partial charge in [0, 0.05) is 13.2 Å². The van der Waals surface area contributed by atoms with Crippen molar-refractivity contribution in [1.29, 1.82) is 5.26 Å². The number of hydrogen-bond acceptors (Lipinski definition) is 3. The maximum Gasteiger partial charge on any atom is 0.140 e. The molecular weight excluding hydrogens is 284 g/mol. The highest BCUT2D eigenvalue weighted by molar-refractivity contribution is 5.33. The van der Waals surface area contributed by atoms with Gasteiger partial charge in [0.15, 0.2) is 0 Å². The van der Waals surface area contributed by atoms with Crippen LogP contribution in [0.2, 0.25) is 0 Å². The first-order chi connectivity index (χ1) is 11.2. The maximum atomic E-state index is 10.0. The Labute approximate surface area is 137 Å². The number of rotatable bonds is 4. The molecule has 1 heterocycles. The molecule has 0 aromatic heterocycles. The molecule has 3 rings (SSSR count). The molecular formula is C20H22N2O. The Kier molecular flexibility index (Phi) is 4.47. The Morgan fingerprint density at radius 3 is 2.39 bits per heavy atom. The summed E-state index contributed by atoms with van der Waals surface area (Å²) in [7, 11) is 0. The van der Waals surface area contributed by atoms with Crippen LogP contribution < -0.4 is 5.32 Å². The van der Waals surface area contributed by atoms with Crippen LogP contribution in [0.25, 0.3) is 0 Å². The van der Waals surface area contributed by atoms with Gasteiger partial charge in [-0.15, -0.1) is 0 Å². The number of nitrogens with one attached hydrogen (secondary N) is 1. The van der Waals surface area contributed by atoms with Crippen molar-refractivity contribution in [3.05, 3.63) is 71.8 Å². The highest BCUT2D eigenvalue weighted by Crippen LogP contribution is 2.42. The predicted molar refractivity (Wildman–Crippen MR) is 90.6 cm³/mol. The third kappa shape index (κ3) is 2.88. The van der Waals surface area contributed by atoms with Crippen LogP contribution in [0.4, 0.5) is 0 Å². The van der Waals surface area contributed by atoms with Gasteiger partial charge < -0.3 is 4.74 Å². The summed E-state index contributed by atoms with van der Waals surface area (Å²) in [6.07, 6.45) is 1.67. The third-order valence-electron chi connectivity index (χ3n) is 4.85. The standard InChI is InChI=1S/C20H22N2O/c1-19(18-11-6-3-7-12-18)20(16-21,13-8-14-23-19)22-15-17-9-4-2-5-10-17/h2-7,9-12,22H,8,13-15H2,1H3. The fourth-order valence-corrected chi connectivity index (χ4v) is 3.37. The van der Waals surface area contributed by atoms with Gasteiger partial charge in [0.2, 0.25) is 0 Å². The minimum absolute atomic E-state index is 0.653. The first-order valence-corrected chi connectivity index (χ1v) is 8.10. The summed E-state index contributed by atoms with van der Waals surface area (Å²) >= 11 is 0. The molecule has 0 spiro atoms. The summed E-state index contributed by atoms with van der Waals surface area (Å²) in [6, 6.07) is 22.8. The van der Waals surface area contributed by atoms with Crippen LogP contribution in [0.5, 0.6) is 0 Å². The summed E-state index contributed by atoms with van der Waals surface area (Å²) in [5, 5.41) is 13.5. The Morgan fingerprint density at radius 2 is 1.74 bits per heavy atom. The van der Waals surface area contributed by atoms with Gasteiger partial charge >= 0.3 is 0 Å². The first-order valence-electron chi connectivity index (χ1n) is 8.10. The van der Waals surface area contributed by atoms with Crippen molar-refractivity contribution in [3.8, 4) is 6.07 Å². The number of nitrogens with zero attached hydrogens (tertiary/aromatic N) is 1. The van der Waals surface area contributed by atoms with Crippen molar-refractivity contribution in [3.63, 3.8) is 0 Å². The molecule has 0 bridgehead atoms. The van der Waals surface area contributed by atoms with Gasteiger partial charge in [0.1, 0.15) is 11.1 Å². The molecule has 2 atom stereocenters. The van der Waals surface area contributed by atoms with Crippen LogP contribution in [0.15, 0.2) is 60.7 Å². The molecule has 2 unspecified atom stereocenters. The Balaban J connectivity index is 1.92. The van der Waals surface area contributed by atoms with E-state index in [0.717, 1.165) is 18.4 Å². The lowest BCUT2D eigenvalue weighted by Crippen LogP contribution is -2.62. The molecule has 2 aromatic rings. The average molecular weight is 306 g/mol. The van der Waals surface area contributed by atoms with Crippen LogP contribution >= 0.6 is 0 Å². The van der Waals surface area contributed by atoms with Gasteiger partial charge in [-0.25, -0.2) is 0 Å². The van der Waals surface area contributed by atoms with Gasteiger partial charge in [-0.1, -0.05) is 60.7 Å². The maximum absolute atomic E-state index is 10.0. The molecule has 0 saturated carbocycles. The summed E-state index contributed by atoms with van der Waals surface area (Å²) in [4.78, 5) is 0. The molecule has 1 fully saturated rings. The Hall–Kier alpha value is -2.15. The summed E-state index contributed by atoms with van der Waals surface area (Å²) < 4.78 is 6.16. The van der Waals surface area contributed by atoms with Gasteiger partial charge in [0.25, 0.3) is 0 Å². The molecule has 0 radical (unpaired) electrons. The van der Waals surface area contributed by atoms with Crippen molar-refractivity contribution in [1.82, 2.24) is 5.32 Å². The van der Waals surface area contributed by atoms with Gasteiger partial charge in [-0.05, 0) is 30.9 Å². The number of hydrogen-bond donors (Lipinski definition) is 1. The zero-order valence-corrected chi connectivity index (χ0v) is 13.5. The molecule has 1 N–H and O–H groups in total. The van der Waals surface area contributed by atoms with E-state index in [4.69, 9.17) is 4.74 Å². The molecule has 0 amide bonds. The quantitative estimate of drug-likeness (QED) is 0.935. The average Bonchev–Trinajstić information content (AvgIpc) is 2.63. The van der Waals surface area contributed by atoms with Gasteiger partial charge in [-0.2, -0.15) is 5.26 Å². The van der Waals surface area contributed by atoms with E-state index in [-0.39, 0.29) is 0 Å². The lowest BCUT2D eigenvalue weighted by Gasteiger charge is -2.48. The molecule has 118 valence electrons. The topological polar surface area (TPSA) is 45.0 Å². The second-order valence-electron chi connectivity index (χ2n) is 6.21. The highest BCUT2D eigenvalue weighted by Gasteiger charge is 2.52. The molecule has 0 aliphatic carbocycles. The Bertz CT molecular complexity index is 680. The van der Waals surface area contributed by atoms with Gasteiger partial charge in [0.05, 0.1) is 6.07 Å². The normalized spacial score (nSPS) is 27.3. The van der Waals surface area contributed by atoms with Crippen molar-refractivity contribution in [2.24, 2.45) is 0 Å². The van der Waals surface area contributed by atoms with Crippen LogP contribution in [0, 0.1) is 11.3 Å². The monoisotopic (exact) mass is 306 g/mol. The second kappa shape index (κ2) is 6.54. The van der Waals surface area contributed by atoms with Crippen LogP contribution in [0.1, 0.15) is 30.9 Å². The molecule has 1 aliphatic rings. The largest absolute Gasteiger partial charge is 0.368 e. The molecule has 3 heteroatoms. The van der Waals surface area contributed by atoms with E-state index in [2.05, 4.69) is 23.5 Å². The van der Waals surface area contributed by atoms with Crippen molar-refractivity contribution in [2.45, 2.75) is 37.5 Å². The van der Waals surface area contributed by atoms with E-state index in [1.54, 1.807) is 0 Å². The lowest BCUT2D eigenvalue weighted by atomic mass is 9.72. The first kappa shape index (κ1) is 15.7. The van der Waals surface area contributed by atoms with E-state index in [1.165, 1.54) is 5.56 Å². The van der Waals surface area contributed by atoms with Crippen molar-refractivity contribution in [2.75, 3.05) is 6.61 Å². The fraction of sp³-hybridized carbons (Fsp3) is 0.350. The zero-order chi connectivity index (χ0) is 16.2. The van der Waals surface area contributed by atoms with E-state index in [1.807, 2.05) is 55.5 Å². The van der Waals surface area contributed by atoms with Crippen molar-refractivity contribution < 1.29 is 4.74 Å². The minimum atomic E-state index is -0.734. The summed E-state index contributed by atoms with van der Waals surface area (Å²) in [5.41, 5.74) is 0.822. The molecule has 3 nitrogen and oxygen atoms in total. The van der Waals surface area contributed by atoms with E-state index in [0.29, 0.717) is 13.2 Å². The minimum Gasteiger partial charge on any atom is -0.368 e. The van der Waals surface area contributed by atoms with Crippen LogP contribution in [0.3, 0.4) is 0 Å². The van der Waals surface area contributed by atoms with Gasteiger partial charge in [-0.3, -0.25) is 5.32 Å². The van der Waals surface area contributed by atoms with E-state index < -0.39 is 11.1 Å². The Morgan fingerprint density at radius 1 is 1.09 bits per heavy atom. The van der Waals surface area contributed by atoms with Crippen LogP contribution in [-0.2, 0) is 16.9 Å².